The standard InChI is InChI=1S/C20H24N2O5S/c1-5-7-15-10-16(12-18(26-3)19(15)27-4)20(23)22-13(2)14-8-6-9-17(11-14)28(21,24)25/h5-6,8-13H,1,7H2,2-4H3,(H,22,23)(H2,21,24,25)/t13-/m0/s1. The van der Waals surface area contributed by atoms with Gasteiger partial charge in [0.15, 0.2) is 11.5 Å². The van der Waals surface area contributed by atoms with Crippen molar-refractivity contribution in [1.29, 1.82) is 0 Å². The first kappa shape index (κ1) is 21.5. The monoisotopic (exact) mass is 404 g/mol. The van der Waals surface area contributed by atoms with Crippen molar-refractivity contribution in [3.8, 4) is 11.5 Å². The van der Waals surface area contributed by atoms with E-state index in [1.54, 1.807) is 37.3 Å². The number of ether oxygens (including phenoxy) is 2. The van der Waals surface area contributed by atoms with Crippen molar-refractivity contribution in [1.82, 2.24) is 5.32 Å². The van der Waals surface area contributed by atoms with Gasteiger partial charge in [-0.15, -0.1) is 6.58 Å². The summed E-state index contributed by atoms with van der Waals surface area (Å²) in [7, 11) is -0.790. The van der Waals surface area contributed by atoms with Crippen LogP contribution >= 0.6 is 0 Å². The van der Waals surface area contributed by atoms with E-state index in [1.165, 1.54) is 26.4 Å². The molecule has 0 saturated heterocycles. The van der Waals surface area contributed by atoms with E-state index in [2.05, 4.69) is 11.9 Å². The molecule has 0 aliphatic rings. The maximum Gasteiger partial charge on any atom is 0.251 e. The van der Waals surface area contributed by atoms with Gasteiger partial charge in [0, 0.05) is 11.1 Å². The molecule has 2 aromatic carbocycles. The number of hydrogen-bond donors (Lipinski definition) is 2. The fourth-order valence-corrected chi connectivity index (χ4v) is 3.37. The Labute approximate surface area is 165 Å². The van der Waals surface area contributed by atoms with Crippen LogP contribution in [0.3, 0.4) is 0 Å². The van der Waals surface area contributed by atoms with Crippen LogP contribution in [0.2, 0.25) is 0 Å². The Morgan fingerprint density at radius 1 is 1.25 bits per heavy atom. The molecule has 0 aromatic heterocycles. The summed E-state index contributed by atoms with van der Waals surface area (Å²) >= 11 is 0. The molecule has 0 radical (unpaired) electrons. The number of nitrogens with two attached hydrogens (primary N) is 1. The Morgan fingerprint density at radius 2 is 1.96 bits per heavy atom. The van der Waals surface area contributed by atoms with E-state index in [0.717, 1.165) is 5.56 Å². The van der Waals surface area contributed by atoms with Crippen molar-refractivity contribution in [2.75, 3.05) is 14.2 Å². The first-order chi connectivity index (χ1) is 13.2. The first-order valence-electron chi connectivity index (χ1n) is 8.50. The number of allylic oxidation sites excluding steroid dienone is 1. The van der Waals surface area contributed by atoms with Crippen LogP contribution in [0.4, 0.5) is 0 Å². The average molecular weight is 404 g/mol. The second-order valence-electron chi connectivity index (χ2n) is 6.18. The number of rotatable bonds is 8. The van der Waals surface area contributed by atoms with Gasteiger partial charge >= 0.3 is 0 Å². The normalized spacial score (nSPS) is 12.1. The second-order valence-corrected chi connectivity index (χ2v) is 7.74. The third-order valence-electron chi connectivity index (χ3n) is 4.22. The molecule has 0 aliphatic heterocycles. The summed E-state index contributed by atoms with van der Waals surface area (Å²) in [6, 6.07) is 9.01. The topological polar surface area (TPSA) is 108 Å². The Kier molecular flexibility index (Phi) is 6.82. The quantitative estimate of drug-likeness (QED) is 0.658. The number of amides is 1. The fraction of sp³-hybridized carbons (Fsp3) is 0.250. The maximum absolute atomic E-state index is 12.8. The highest BCUT2D eigenvalue weighted by Gasteiger charge is 2.18. The lowest BCUT2D eigenvalue weighted by Crippen LogP contribution is -2.27. The number of nitrogens with one attached hydrogen (secondary N) is 1. The summed E-state index contributed by atoms with van der Waals surface area (Å²) in [4.78, 5) is 12.7. The van der Waals surface area contributed by atoms with E-state index >= 15 is 0 Å². The molecule has 1 amide bonds. The minimum Gasteiger partial charge on any atom is -0.493 e. The summed E-state index contributed by atoms with van der Waals surface area (Å²) in [5.74, 6) is 0.656. The smallest absolute Gasteiger partial charge is 0.251 e. The van der Waals surface area contributed by atoms with Gasteiger partial charge in [0.1, 0.15) is 0 Å². The molecule has 2 rings (SSSR count). The van der Waals surface area contributed by atoms with Crippen LogP contribution in [-0.2, 0) is 16.4 Å². The number of carbonyl (C=O) groups excluding carboxylic acids is 1. The van der Waals surface area contributed by atoms with Crippen molar-refractivity contribution in [2.24, 2.45) is 5.14 Å². The molecule has 0 spiro atoms. The predicted octanol–water partition coefficient (Wildman–Crippen LogP) is 2.57. The lowest BCUT2D eigenvalue weighted by Gasteiger charge is -2.17. The molecule has 7 nitrogen and oxygen atoms in total. The summed E-state index contributed by atoms with van der Waals surface area (Å²) in [5.41, 5.74) is 1.78. The molecule has 150 valence electrons. The SMILES string of the molecule is C=CCc1cc(C(=O)N[C@@H](C)c2cccc(S(N)(=O)=O)c2)cc(OC)c1OC. The first-order valence-corrected chi connectivity index (χ1v) is 10.0. The molecule has 0 bridgehead atoms. The summed E-state index contributed by atoms with van der Waals surface area (Å²) in [5, 5.41) is 8.03. The second kappa shape index (κ2) is 8.90. The van der Waals surface area contributed by atoms with Gasteiger partial charge < -0.3 is 14.8 Å². The third-order valence-corrected chi connectivity index (χ3v) is 5.13. The molecule has 0 aliphatic carbocycles. The van der Waals surface area contributed by atoms with E-state index in [9.17, 15) is 13.2 Å². The molecule has 0 saturated carbocycles. The lowest BCUT2D eigenvalue weighted by molar-refractivity contribution is 0.0939. The van der Waals surface area contributed by atoms with Crippen LogP contribution in [0.25, 0.3) is 0 Å². The highest BCUT2D eigenvalue weighted by molar-refractivity contribution is 7.89. The molecular formula is C20H24N2O5S. The van der Waals surface area contributed by atoms with Gasteiger partial charge in [-0.3, -0.25) is 4.79 Å². The van der Waals surface area contributed by atoms with Crippen LogP contribution < -0.4 is 19.9 Å². The van der Waals surface area contributed by atoms with Gasteiger partial charge in [-0.25, -0.2) is 13.6 Å². The van der Waals surface area contributed by atoms with Gasteiger partial charge in [-0.1, -0.05) is 18.2 Å². The molecule has 0 fully saturated rings. The summed E-state index contributed by atoms with van der Waals surface area (Å²) in [6.45, 7) is 5.48. The van der Waals surface area contributed by atoms with Crippen LogP contribution in [0.15, 0.2) is 53.9 Å². The van der Waals surface area contributed by atoms with Crippen LogP contribution in [0.1, 0.15) is 34.5 Å². The van der Waals surface area contributed by atoms with E-state index in [1.807, 2.05) is 0 Å². The molecule has 28 heavy (non-hydrogen) atoms. The molecule has 0 heterocycles. The van der Waals surface area contributed by atoms with E-state index in [-0.39, 0.29) is 10.8 Å². The van der Waals surface area contributed by atoms with Crippen molar-refractivity contribution in [3.63, 3.8) is 0 Å². The Hall–Kier alpha value is -2.84. The van der Waals surface area contributed by atoms with E-state index in [4.69, 9.17) is 14.6 Å². The number of carbonyl (C=O) groups is 1. The highest BCUT2D eigenvalue weighted by Crippen LogP contribution is 2.33. The van der Waals surface area contributed by atoms with Gasteiger partial charge in [0.2, 0.25) is 10.0 Å². The minimum absolute atomic E-state index is 0.00881. The lowest BCUT2D eigenvalue weighted by atomic mass is 10.0. The van der Waals surface area contributed by atoms with Crippen LogP contribution in [0.5, 0.6) is 11.5 Å². The maximum atomic E-state index is 12.8. The third kappa shape index (κ3) is 4.90. The van der Waals surface area contributed by atoms with Gasteiger partial charge in [-0.05, 0) is 43.2 Å². The van der Waals surface area contributed by atoms with Crippen LogP contribution in [0, 0.1) is 0 Å². The Morgan fingerprint density at radius 3 is 2.54 bits per heavy atom. The van der Waals surface area contributed by atoms with Crippen molar-refractivity contribution >= 4 is 15.9 Å². The van der Waals surface area contributed by atoms with Gasteiger partial charge in [0.25, 0.3) is 5.91 Å². The van der Waals surface area contributed by atoms with E-state index in [0.29, 0.717) is 29.0 Å². The number of benzene rings is 2. The average Bonchev–Trinajstić information content (AvgIpc) is 2.66. The Balaban J connectivity index is 2.32. The van der Waals surface area contributed by atoms with E-state index < -0.39 is 16.1 Å². The van der Waals surface area contributed by atoms with Gasteiger partial charge in [0.05, 0.1) is 25.2 Å². The minimum atomic E-state index is -3.82. The number of hydrogen-bond acceptors (Lipinski definition) is 5. The molecule has 3 N–H and O–H groups in total. The fourth-order valence-electron chi connectivity index (χ4n) is 2.81. The predicted molar refractivity (Wildman–Crippen MR) is 107 cm³/mol. The molecule has 1 atom stereocenters. The molecule has 0 unspecified atom stereocenters. The van der Waals surface area contributed by atoms with Crippen LogP contribution in [-0.4, -0.2) is 28.5 Å². The molecular weight excluding hydrogens is 380 g/mol. The zero-order valence-corrected chi connectivity index (χ0v) is 16.9. The van der Waals surface area contributed by atoms with Crippen molar-refractivity contribution < 1.29 is 22.7 Å². The zero-order chi connectivity index (χ0) is 20.9. The summed E-state index contributed by atoms with van der Waals surface area (Å²) < 4.78 is 33.8. The number of sulfonamides is 1. The van der Waals surface area contributed by atoms with Gasteiger partial charge in [-0.2, -0.15) is 0 Å². The number of primary sulfonamides is 1. The highest BCUT2D eigenvalue weighted by atomic mass is 32.2. The molecule has 8 heteroatoms. The molecule has 2 aromatic rings. The summed E-state index contributed by atoms with van der Waals surface area (Å²) in [6.07, 6.45) is 2.22. The van der Waals surface area contributed by atoms with Crippen molar-refractivity contribution in [2.45, 2.75) is 24.3 Å². The Bertz CT molecular complexity index is 986. The zero-order valence-electron chi connectivity index (χ0n) is 16.1. The largest absolute Gasteiger partial charge is 0.493 e. The van der Waals surface area contributed by atoms with Crippen molar-refractivity contribution in [3.05, 3.63) is 65.7 Å². The number of methoxy groups -OCH3 is 2.